The smallest absolute Gasteiger partial charge is 0.120 e. The van der Waals surface area contributed by atoms with Crippen molar-refractivity contribution in [2.45, 2.75) is 52.7 Å². The normalized spacial score (nSPS) is 21.3. The molecule has 3 heteroatoms. The molecule has 1 fully saturated rings. The van der Waals surface area contributed by atoms with Crippen molar-refractivity contribution in [1.82, 2.24) is 4.90 Å². The van der Waals surface area contributed by atoms with Crippen molar-refractivity contribution in [2.24, 2.45) is 5.92 Å². The summed E-state index contributed by atoms with van der Waals surface area (Å²) in [4.78, 5) is 2.44. The van der Waals surface area contributed by atoms with Crippen molar-refractivity contribution in [2.75, 3.05) is 25.5 Å². The van der Waals surface area contributed by atoms with Gasteiger partial charge in [-0.1, -0.05) is 0 Å². The van der Waals surface area contributed by atoms with Crippen molar-refractivity contribution in [1.29, 1.82) is 0 Å². The van der Waals surface area contributed by atoms with Gasteiger partial charge < -0.3 is 15.0 Å². The highest BCUT2D eigenvalue weighted by Gasteiger charge is 2.22. The van der Waals surface area contributed by atoms with Crippen molar-refractivity contribution in [3.63, 3.8) is 0 Å². The van der Waals surface area contributed by atoms with Crippen molar-refractivity contribution < 1.29 is 4.74 Å². The number of hydrogen-bond donors (Lipinski definition) is 1. The Kier molecular flexibility index (Phi) is 5.51. The number of nitrogens with zero attached hydrogens (tertiary/aromatic N) is 1. The van der Waals surface area contributed by atoms with E-state index in [1.165, 1.54) is 37.2 Å². The molecule has 2 unspecified atom stereocenters. The summed E-state index contributed by atoms with van der Waals surface area (Å²) in [6.07, 6.45) is 2.86. The van der Waals surface area contributed by atoms with E-state index >= 15 is 0 Å². The standard InChI is InChI=1S/C18H30N2O/c1-13(2)21-17-8-9-18(14(3)11-17)19-15(4)16-7-6-10-20(5)12-16/h8-9,11,13,15-16,19H,6-7,10,12H2,1-5H3. The molecule has 1 aliphatic rings. The van der Waals surface area contributed by atoms with Crippen LogP contribution in [-0.4, -0.2) is 37.2 Å². The molecule has 0 radical (unpaired) electrons. The molecule has 1 aromatic rings. The Morgan fingerprint density at radius 2 is 2.05 bits per heavy atom. The van der Waals surface area contributed by atoms with Gasteiger partial charge in [0, 0.05) is 18.3 Å². The molecule has 1 heterocycles. The zero-order valence-corrected chi connectivity index (χ0v) is 14.1. The summed E-state index contributed by atoms with van der Waals surface area (Å²) in [6.45, 7) is 11.0. The molecule has 1 N–H and O–H groups in total. The summed E-state index contributed by atoms with van der Waals surface area (Å²) in [6, 6.07) is 6.84. The first-order chi connectivity index (χ1) is 9.95. The Morgan fingerprint density at radius 3 is 2.67 bits per heavy atom. The molecule has 3 nitrogen and oxygen atoms in total. The van der Waals surface area contributed by atoms with Crippen molar-refractivity contribution in [3.05, 3.63) is 23.8 Å². The average molecular weight is 290 g/mol. The minimum atomic E-state index is 0.222. The van der Waals surface area contributed by atoms with Crippen LogP contribution in [0.15, 0.2) is 18.2 Å². The van der Waals surface area contributed by atoms with Gasteiger partial charge in [-0.2, -0.15) is 0 Å². The van der Waals surface area contributed by atoms with Crippen molar-refractivity contribution in [3.8, 4) is 5.75 Å². The van der Waals surface area contributed by atoms with E-state index in [0.717, 1.165) is 11.7 Å². The van der Waals surface area contributed by atoms with Gasteiger partial charge in [-0.3, -0.25) is 0 Å². The third-order valence-electron chi connectivity index (χ3n) is 4.32. The third-order valence-corrected chi connectivity index (χ3v) is 4.32. The van der Waals surface area contributed by atoms with E-state index < -0.39 is 0 Å². The summed E-state index contributed by atoms with van der Waals surface area (Å²) < 4.78 is 5.75. The minimum Gasteiger partial charge on any atom is -0.491 e. The second-order valence-electron chi connectivity index (χ2n) is 6.74. The number of anilines is 1. The molecule has 1 aromatic carbocycles. The van der Waals surface area contributed by atoms with Gasteiger partial charge in [-0.05, 0) is 83.8 Å². The largest absolute Gasteiger partial charge is 0.491 e. The predicted molar refractivity (Wildman–Crippen MR) is 90.2 cm³/mol. The Balaban J connectivity index is 1.98. The van der Waals surface area contributed by atoms with E-state index in [0.29, 0.717) is 6.04 Å². The monoisotopic (exact) mass is 290 g/mol. The van der Waals surface area contributed by atoms with Gasteiger partial charge in [0.1, 0.15) is 5.75 Å². The molecule has 0 aromatic heterocycles. The number of ether oxygens (including phenoxy) is 1. The lowest BCUT2D eigenvalue weighted by Gasteiger charge is -2.34. The first-order valence-electron chi connectivity index (χ1n) is 8.18. The fourth-order valence-electron chi connectivity index (χ4n) is 3.12. The van der Waals surface area contributed by atoms with Crippen LogP contribution in [0, 0.1) is 12.8 Å². The van der Waals surface area contributed by atoms with Crippen molar-refractivity contribution >= 4 is 5.69 Å². The topological polar surface area (TPSA) is 24.5 Å². The van der Waals surface area contributed by atoms with E-state index in [9.17, 15) is 0 Å². The van der Waals surface area contributed by atoms with Crippen LogP contribution in [0.3, 0.4) is 0 Å². The van der Waals surface area contributed by atoms with Gasteiger partial charge in [-0.15, -0.1) is 0 Å². The SMILES string of the molecule is Cc1cc(OC(C)C)ccc1NC(C)C1CCCN(C)C1. The Labute approximate surface area is 129 Å². The van der Waals surface area contributed by atoms with E-state index in [-0.39, 0.29) is 6.10 Å². The van der Waals surface area contributed by atoms with Crippen LogP contribution >= 0.6 is 0 Å². The van der Waals surface area contributed by atoms with Gasteiger partial charge in [0.15, 0.2) is 0 Å². The number of benzene rings is 1. The highest BCUT2D eigenvalue weighted by molar-refractivity contribution is 5.54. The lowest BCUT2D eigenvalue weighted by atomic mass is 9.91. The molecule has 1 aliphatic heterocycles. The van der Waals surface area contributed by atoms with Gasteiger partial charge in [-0.25, -0.2) is 0 Å². The highest BCUT2D eigenvalue weighted by Crippen LogP contribution is 2.26. The zero-order valence-electron chi connectivity index (χ0n) is 14.1. The fourth-order valence-corrected chi connectivity index (χ4v) is 3.12. The molecule has 0 saturated carbocycles. The molecule has 0 amide bonds. The second kappa shape index (κ2) is 7.17. The first-order valence-corrected chi connectivity index (χ1v) is 8.18. The number of piperidine rings is 1. The van der Waals surface area contributed by atoms with Gasteiger partial charge in [0.05, 0.1) is 6.10 Å². The van der Waals surface area contributed by atoms with E-state index in [4.69, 9.17) is 4.74 Å². The number of likely N-dealkylation sites (tertiary alicyclic amines) is 1. The van der Waals surface area contributed by atoms with Crippen LogP contribution in [0.2, 0.25) is 0 Å². The Hall–Kier alpha value is -1.22. The van der Waals surface area contributed by atoms with Crippen LogP contribution in [0.25, 0.3) is 0 Å². The quantitative estimate of drug-likeness (QED) is 0.889. The molecular weight excluding hydrogens is 260 g/mol. The van der Waals surface area contributed by atoms with Crippen LogP contribution in [-0.2, 0) is 0 Å². The Morgan fingerprint density at radius 1 is 1.29 bits per heavy atom. The van der Waals surface area contributed by atoms with E-state index in [1.807, 2.05) is 0 Å². The fraction of sp³-hybridized carbons (Fsp3) is 0.667. The van der Waals surface area contributed by atoms with Gasteiger partial charge in [0.2, 0.25) is 0 Å². The second-order valence-corrected chi connectivity index (χ2v) is 6.74. The number of rotatable bonds is 5. The summed E-state index contributed by atoms with van der Waals surface area (Å²) in [7, 11) is 2.22. The molecule has 0 aliphatic carbocycles. The lowest BCUT2D eigenvalue weighted by Crippen LogP contribution is -2.39. The van der Waals surface area contributed by atoms with E-state index in [2.05, 4.69) is 63.2 Å². The lowest BCUT2D eigenvalue weighted by molar-refractivity contribution is 0.197. The summed E-state index contributed by atoms with van der Waals surface area (Å²) >= 11 is 0. The van der Waals surface area contributed by atoms with Crippen LogP contribution in [0.4, 0.5) is 5.69 Å². The maximum absolute atomic E-state index is 5.75. The summed E-state index contributed by atoms with van der Waals surface area (Å²) in [5.74, 6) is 1.69. The number of nitrogens with one attached hydrogen (secondary N) is 1. The molecular formula is C18H30N2O. The third kappa shape index (κ3) is 4.63. The van der Waals surface area contributed by atoms with Gasteiger partial charge >= 0.3 is 0 Å². The average Bonchev–Trinajstić information content (AvgIpc) is 2.41. The molecule has 2 atom stereocenters. The zero-order chi connectivity index (χ0) is 15.4. The van der Waals surface area contributed by atoms with Crippen LogP contribution < -0.4 is 10.1 Å². The number of aryl methyl sites for hydroxylation is 1. The highest BCUT2D eigenvalue weighted by atomic mass is 16.5. The molecule has 2 rings (SSSR count). The number of hydrogen-bond acceptors (Lipinski definition) is 3. The maximum atomic E-state index is 5.75. The Bertz CT molecular complexity index is 459. The summed E-state index contributed by atoms with van der Waals surface area (Å²) in [5, 5.41) is 3.70. The van der Waals surface area contributed by atoms with Crippen LogP contribution in [0.5, 0.6) is 5.75 Å². The minimum absolute atomic E-state index is 0.222. The molecule has 118 valence electrons. The van der Waals surface area contributed by atoms with Gasteiger partial charge in [0.25, 0.3) is 0 Å². The first kappa shape index (κ1) is 16.2. The summed E-state index contributed by atoms with van der Waals surface area (Å²) in [5.41, 5.74) is 2.48. The molecule has 21 heavy (non-hydrogen) atoms. The molecule has 0 bridgehead atoms. The predicted octanol–water partition coefficient (Wildman–Crippen LogP) is 3.92. The van der Waals surface area contributed by atoms with Crippen LogP contribution in [0.1, 0.15) is 39.2 Å². The van der Waals surface area contributed by atoms with E-state index in [1.54, 1.807) is 0 Å². The maximum Gasteiger partial charge on any atom is 0.120 e. The molecule has 1 saturated heterocycles. The molecule has 0 spiro atoms.